The number of carbonyl (C=O) groups is 2. The van der Waals surface area contributed by atoms with Crippen molar-refractivity contribution < 1.29 is 23.8 Å². The number of imide groups is 1. The minimum atomic E-state index is -0.377. The van der Waals surface area contributed by atoms with Crippen molar-refractivity contribution in [3.63, 3.8) is 0 Å². The molecule has 0 radical (unpaired) electrons. The van der Waals surface area contributed by atoms with Gasteiger partial charge in [-0.1, -0.05) is 44.0 Å². The maximum Gasteiger partial charge on any atom is 0.281 e. The Labute approximate surface area is 188 Å². The number of rotatable bonds is 13. The van der Waals surface area contributed by atoms with Gasteiger partial charge in [0.1, 0.15) is 5.70 Å². The Hall–Kier alpha value is -1.07. The summed E-state index contributed by atoms with van der Waals surface area (Å²) in [5.74, 6) is -0.705. The first-order valence-electron chi connectivity index (χ1n) is 9.32. The van der Waals surface area contributed by atoms with Crippen LogP contribution >= 0.6 is 31.9 Å². The molecule has 162 valence electrons. The summed E-state index contributed by atoms with van der Waals surface area (Å²) in [5, 5.41) is 1.15. The van der Waals surface area contributed by atoms with E-state index in [4.69, 9.17) is 14.2 Å². The van der Waals surface area contributed by atoms with Crippen LogP contribution < -0.4 is 0 Å². The molecule has 0 aromatic heterocycles. The van der Waals surface area contributed by atoms with Crippen molar-refractivity contribution >= 4 is 49.4 Å². The maximum atomic E-state index is 12.7. The minimum Gasteiger partial charge on any atom is -0.377 e. The first-order valence-corrected chi connectivity index (χ1v) is 11.6. The van der Waals surface area contributed by atoms with Gasteiger partial charge in [-0.05, 0) is 6.92 Å². The van der Waals surface area contributed by atoms with Crippen LogP contribution in [0, 0.1) is 0 Å². The molecule has 1 unspecified atom stereocenters. The van der Waals surface area contributed by atoms with Crippen LogP contribution in [-0.2, 0) is 23.8 Å². The molecule has 0 saturated carbocycles. The molecule has 0 saturated heterocycles. The van der Waals surface area contributed by atoms with Gasteiger partial charge in [0, 0.05) is 17.7 Å². The Bertz CT molecular complexity index is 695. The molecule has 0 spiro atoms. The molecule has 10 heteroatoms. The molecule has 2 aliphatic rings. The van der Waals surface area contributed by atoms with E-state index in [9.17, 15) is 9.59 Å². The summed E-state index contributed by atoms with van der Waals surface area (Å²) >= 11 is 6.86. The summed E-state index contributed by atoms with van der Waals surface area (Å²) in [5.41, 5.74) is 2.34. The molecule has 2 rings (SSSR count). The molecule has 1 atom stereocenters. The smallest absolute Gasteiger partial charge is 0.281 e. The van der Waals surface area contributed by atoms with E-state index in [1.54, 1.807) is 7.05 Å². The molecular weight excluding hydrogens is 510 g/mol. The maximum absolute atomic E-state index is 12.7. The van der Waals surface area contributed by atoms with Crippen LogP contribution in [0.25, 0.3) is 0 Å². The SMILES string of the molecule is C=C(C)COCCOCCOCCN1C(=O)C2=C(C1=O)N(C)C(CBr)C(CBr)=N2. The predicted molar refractivity (Wildman–Crippen MR) is 118 cm³/mol. The molecule has 0 fully saturated rings. The van der Waals surface area contributed by atoms with Gasteiger partial charge in [-0.2, -0.15) is 0 Å². The second kappa shape index (κ2) is 11.9. The van der Waals surface area contributed by atoms with Crippen molar-refractivity contribution in [2.75, 3.05) is 63.9 Å². The normalized spacial score (nSPS) is 19.2. The first kappa shape index (κ1) is 24.2. The van der Waals surface area contributed by atoms with Crippen LogP contribution in [0.3, 0.4) is 0 Å². The minimum absolute atomic E-state index is 0.0717. The lowest BCUT2D eigenvalue weighted by molar-refractivity contribution is -0.139. The van der Waals surface area contributed by atoms with Crippen LogP contribution in [0.5, 0.6) is 0 Å². The molecule has 0 aromatic carbocycles. The van der Waals surface area contributed by atoms with E-state index in [1.165, 1.54) is 4.90 Å². The quantitative estimate of drug-likeness (QED) is 0.154. The van der Waals surface area contributed by atoms with Gasteiger partial charge in [0.2, 0.25) is 0 Å². The topological polar surface area (TPSA) is 80.7 Å². The molecule has 2 amide bonds. The second-order valence-electron chi connectivity index (χ2n) is 6.71. The highest BCUT2D eigenvalue weighted by atomic mass is 79.9. The van der Waals surface area contributed by atoms with Gasteiger partial charge in [0.25, 0.3) is 11.8 Å². The number of hydrogen-bond donors (Lipinski definition) is 0. The molecule has 2 heterocycles. The van der Waals surface area contributed by atoms with Crippen molar-refractivity contribution in [3.05, 3.63) is 23.5 Å². The lowest BCUT2D eigenvalue weighted by Gasteiger charge is -2.32. The van der Waals surface area contributed by atoms with E-state index >= 15 is 0 Å². The highest BCUT2D eigenvalue weighted by Gasteiger charge is 2.44. The van der Waals surface area contributed by atoms with Gasteiger partial charge in [-0.25, -0.2) is 4.99 Å². The van der Waals surface area contributed by atoms with E-state index < -0.39 is 0 Å². The van der Waals surface area contributed by atoms with Crippen LogP contribution in [0.1, 0.15) is 6.92 Å². The molecule has 2 aliphatic heterocycles. The highest BCUT2D eigenvalue weighted by Crippen LogP contribution is 2.30. The Morgan fingerprint density at radius 3 is 2.28 bits per heavy atom. The summed E-state index contributed by atoms with van der Waals surface area (Å²) in [4.78, 5) is 32.8. The number of nitrogens with zero attached hydrogens (tertiary/aromatic N) is 3. The van der Waals surface area contributed by atoms with Gasteiger partial charge in [0.15, 0.2) is 5.70 Å². The van der Waals surface area contributed by atoms with E-state index in [-0.39, 0.29) is 36.7 Å². The average Bonchev–Trinajstić information content (AvgIpc) is 2.93. The summed E-state index contributed by atoms with van der Waals surface area (Å²) in [6.07, 6.45) is 0. The summed E-state index contributed by atoms with van der Waals surface area (Å²) < 4.78 is 16.2. The zero-order chi connectivity index (χ0) is 21.4. The number of ether oxygens (including phenoxy) is 3. The fraction of sp³-hybridized carbons (Fsp3) is 0.632. The van der Waals surface area contributed by atoms with E-state index in [2.05, 4.69) is 43.4 Å². The third-order valence-corrected chi connectivity index (χ3v) is 5.60. The van der Waals surface area contributed by atoms with Gasteiger partial charge >= 0.3 is 0 Å². The lowest BCUT2D eigenvalue weighted by Crippen LogP contribution is -2.44. The van der Waals surface area contributed by atoms with Gasteiger partial charge < -0.3 is 19.1 Å². The van der Waals surface area contributed by atoms with Crippen molar-refractivity contribution in [2.24, 2.45) is 4.99 Å². The van der Waals surface area contributed by atoms with E-state index in [0.29, 0.717) is 49.4 Å². The van der Waals surface area contributed by atoms with Gasteiger partial charge in [-0.15, -0.1) is 0 Å². The number of likely N-dealkylation sites (N-methyl/N-ethyl adjacent to an activating group) is 1. The Morgan fingerprint density at radius 1 is 1.07 bits per heavy atom. The summed E-state index contributed by atoms with van der Waals surface area (Å²) in [7, 11) is 1.81. The average molecular weight is 537 g/mol. The molecule has 8 nitrogen and oxygen atoms in total. The van der Waals surface area contributed by atoms with Crippen LogP contribution in [0.4, 0.5) is 0 Å². The number of halogens is 2. The molecule has 0 N–H and O–H groups in total. The van der Waals surface area contributed by atoms with Crippen molar-refractivity contribution in [1.82, 2.24) is 9.80 Å². The number of aliphatic imine (C=N–C) groups is 1. The number of hydrogen-bond acceptors (Lipinski definition) is 7. The Kier molecular flexibility index (Phi) is 9.97. The molecule has 0 bridgehead atoms. The molecule has 29 heavy (non-hydrogen) atoms. The Morgan fingerprint density at radius 2 is 1.69 bits per heavy atom. The number of amides is 2. The van der Waals surface area contributed by atoms with Crippen molar-refractivity contribution in [2.45, 2.75) is 13.0 Å². The Balaban J connectivity index is 1.73. The largest absolute Gasteiger partial charge is 0.377 e. The number of carbonyl (C=O) groups excluding carboxylic acids is 2. The third kappa shape index (κ3) is 6.21. The van der Waals surface area contributed by atoms with Gasteiger partial charge in [0.05, 0.1) is 57.9 Å². The molecular formula is C19H27Br2N3O5. The highest BCUT2D eigenvalue weighted by molar-refractivity contribution is 9.09. The van der Waals surface area contributed by atoms with Crippen LogP contribution in [-0.4, -0.2) is 97.3 Å². The zero-order valence-electron chi connectivity index (χ0n) is 16.8. The monoisotopic (exact) mass is 535 g/mol. The predicted octanol–water partition coefficient (Wildman–Crippen LogP) is 1.74. The number of alkyl halides is 2. The van der Waals surface area contributed by atoms with Crippen molar-refractivity contribution in [1.29, 1.82) is 0 Å². The van der Waals surface area contributed by atoms with Crippen LogP contribution in [0.2, 0.25) is 0 Å². The van der Waals surface area contributed by atoms with Gasteiger partial charge in [-0.3, -0.25) is 14.5 Å². The fourth-order valence-corrected chi connectivity index (χ4v) is 4.23. The van der Waals surface area contributed by atoms with E-state index in [0.717, 1.165) is 11.3 Å². The van der Waals surface area contributed by atoms with Crippen molar-refractivity contribution in [3.8, 4) is 0 Å². The summed E-state index contributed by atoms with van der Waals surface area (Å²) in [6.45, 7) is 8.39. The lowest BCUT2D eigenvalue weighted by atomic mass is 10.1. The second-order valence-corrected chi connectivity index (χ2v) is 7.92. The fourth-order valence-electron chi connectivity index (χ4n) is 2.92. The molecule has 0 aliphatic carbocycles. The van der Waals surface area contributed by atoms with E-state index in [1.807, 2.05) is 11.8 Å². The third-order valence-electron chi connectivity index (χ3n) is 4.41. The summed E-state index contributed by atoms with van der Waals surface area (Å²) in [6, 6.07) is -0.0717. The zero-order valence-corrected chi connectivity index (χ0v) is 20.0. The van der Waals surface area contributed by atoms with Crippen LogP contribution in [0.15, 0.2) is 28.5 Å². The first-order chi connectivity index (χ1) is 13.9. The standard InChI is InChI=1S/C19H27Br2N3O5/c1-13(2)12-29-9-8-28-7-6-27-5-4-24-18(25)16-17(19(24)26)23(3)15(11-21)14(10-20)22-16/h15H,1,4-12H2,2-3H3. The molecule has 0 aromatic rings.